The quantitative estimate of drug-likeness (QED) is 0.856. The third kappa shape index (κ3) is 2.37. The highest BCUT2D eigenvalue weighted by atomic mass is 32.2. The molecule has 1 aliphatic rings. The van der Waals surface area contributed by atoms with Crippen molar-refractivity contribution in [3.63, 3.8) is 0 Å². The fraction of sp³-hybridized carbons (Fsp3) is 0.417. The number of hydrogen-bond acceptors (Lipinski definition) is 4. The van der Waals surface area contributed by atoms with Crippen LogP contribution in [0.1, 0.15) is 24.2 Å². The number of sulfonamides is 1. The zero-order chi connectivity index (χ0) is 14.4. The molecule has 0 spiro atoms. The number of anilines is 2. The highest BCUT2D eigenvalue weighted by Crippen LogP contribution is 2.38. The molecule has 0 saturated heterocycles. The molecule has 1 aromatic rings. The molecule has 0 bridgehead atoms. The molecule has 1 aromatic carbocycles. The number of carboxylic acid groups (broad SMARTS) is 1. The summed E-state index contributed by atoms with van der Waals surface area (Å²) in [6.07, 6.45) is 1.12. The highest BCUT2D eigenvalue weighted by Gasteiger charge is 2.38. The summed E-state index contributed by atoms with van der Waals surface area (Å²) in [5.74, 6) is -1.08. The molecule has 2 N–H and O–H groups in total. The minimum atomic E-state index is -3.49. The van der Waals surface area contributed by atoms with Crippen LogP contribution in [0, 0.1) is 0 Å². The fourth-order valence-corrected chi connectivity index (χ4v) is 3.79. The zero-order valence-electron chi connectivity index (χ0n) is 11.0. The lowest BCUT2D eigenvalue weighted by Gasteiger charge is -2.43. The summed E-state index contributed by atoms with van der Waals surface area (Å²) in [6.45, 7) is 4.04. The van der Waals surface area contributed by atoms with Crippen LogP contribution in [0.25, 0.3) is 0 Å². The van der Waals surface area contributed by atoms with Gasteiger partial charge >= 0.3 is 5.97 Å². The summed E-state index contributed by atoms with van der Waals surface area (Å²) < 4.78 is 25.3. The number of aromatic carboxylic acids is 1. The van der Waals surface area contributed by atoms with Gasteiger partial charge in [-0.15, -0.1) is 0 Å². The van der Waals surface area contributed by atoms with E-state index in [4.69, 9.17) is 5.11 Å². The Balaban J connectivity index is 2.67. The Bertz CT molecular complexity index is 637. The van der Waals surface area contributed by atoms with Gasteiger partial charge in [0.25, 0.3) is 0 Å². The smallest absolute Gasteiger partial charge is 0.335 e. The second-order valence-electron chi connectivity index (χ2n) is 5.23. The van der Waals surface area contributed by atoms with Gasteiger partial charge in [-0.05, 0) is 32.0 Å². The van der Waals surface area contributed by atoms with Crippen molar-refractivity contribution in [2.24, 2.45) is 0 Å². The van der Waals surface area contributed by atoms with Gasteiger partial charge in [-0.2, -0.15) is 0 Å². The molecule has 6 nitrogen and oxygen atoms in total. The van der Waals surface area contributed by atoms with Gasteiger partial charge in [0.05, 0.1) is 28.7 Å². The minimum Gasteiger partial charge on any atom is -0.478 e. The van der Waals surface area contributed by atoms with Gasteiger partial charge in [0.2, 0.25) is 10.0 Å². The highest BCUT2D eigenvalue weighted by molar-refractivity contribution is 7.92. The van der Waals surface area contributed by atoms with Crippen LogP contribution in [0.5, 0.6) is 0 Å². The molecule has 0 unspecified atom stereocenters. The molecule has 0 amide bonds. The molecule has 1 heterocycles. The Labute approximate surface area is 112 Å². The van der Waals surface area contributed by atoms with Crippen molar-refractivity contribution >= 4 is 27.4 Å². The van der Waals surface area contributed by atoms with E-state index >= 15 is 0 Å². The van der Waals surface area contributed by atoms with E-state index in [0.717, 1.165) is 6.26 Å². The van der Waals surface area contributed by atoms with E-state index in [9.17, 15) is 13.2 Å². The van der Waals surface area contributed by atoms with Crippen molar-refractivity contribution < 1.29 is 18.3 Å². The van der Waals surface area contributed by atoms with Crippen LogP contribution < -0.4 is 9.62 Å². The predicted molar refractivity (Wildman–Crippen MR) is 73.3 cm³/mol. The average molecular weight is 284 g/mol. The maximum atomic E-state index is 12.0. The molecule has 1 aliphatic heterocycles. The maximum Gasteiger partial charge on any atom is 0.335 e. The molecule has 2 rings (SSSR count). The topological polar surface area (TPSA) is 86.7 Å². The van der Waals surface area contributed by atoms with Gasteiger partial charge in [0.15, 0.2) is 0 Å². The number of benzene rings is 1. The van der Waals surface area contributed by atoms with E-state index in [1.807, 2.05) is 0 Å². The molecule has 0 saturated carbocycles. The van der Waals surface area contributed by atoms with Gasteiger partial charge < -0.3 is 10.4 Å². The lowest BCUT2D eigenvalue weighted by atomic mass is 10.00. The summed E-state index contributed by atoms with van der Waals surface area (Å²) in [5, 5.41) is 12.1. The van der Waals surface area contributed by atoms with Crippen LogP contribution in [0.4, 0.5) is 11.4 Å². The van der Waals surface area contributed by atoms with Crippen molar-refractivity contribution in [3.8, 4) is 0 Å². The summed E-state index contributed by atoms with van der Waals surface area (Å²) >= 11 is 0. The van der Waals surface area contributed by atoms with Crippen molar-refractivity contribution in [1.29, 1.82) is 0 Å². The molecule has 0 aromatic heterocycles. The first-order valence-corrected chi connectivity index (χ1v) is 7.59. The molecular formula is C12H16N2O4S. The first-order chi connectivity index (χ1) is 8.63. The van der Waals surface area contributed by atoms with Gasteiger partial charge in [-0.25, -0.2) is 13.2 Å². The lowest BCUT2D eigenvalue weighted by molar-refractivity contribution is 0.0697. The van der Waals surface area contributed by atoms with Gasteiger partial charge in [-0.1, -0.05) is 0 Å². The van der Waals surface area contributed by atoms with Gasteiger partial charge in [0, 0.05) is 6.54 Å². The predicted octanol–water partition coefficient (Wildman–Crippen LogP) is 1.35. The maximum absolute atomic E-state index is 12.0. The molecule has 0 atom stereocenters. The largest absolute Gasteiger partial charge is 0.478 e. The summed E-state index contributed by atoms with van der Waals surface area (Å²) in [7, 11) is -3.49. The first kappa shape index (κ1) is 13.7. The van der Waals surface area contributed by atoms with E-state index < -0.39 is 21.5 Å². The number of hydrogen-bond donors (Lipinski definition) is 2. The molecule has 0 fully saturated rings. The molecule has 104 valence electrons. The van der Waals surface area contributed by atoms with E-state index in [-0.39, 0.29) is 5.56 Å². The number of fused-ring (bicyclic) bond motifs is 1. The fourth-order valence-electron chi connectivity index (χ4n) is 2.32. The van der Waals surface area contributed by atoms with Crippen LogP contribution in [0.2, 0.25) is 0 Å². The standard InChI is InChI=1S/C12H16N2O4S/c1-12(2)7-13-9-5-4-8(11(15)16)6-10(9)14(12)19(3,17)18/h4-6,13H,7H2,1-3H3,(H,15,16). The van der Waals surface area contributed by atoms with Crippen LogP contribution in [0.3, 0.4) is 0 Å². The van der Waals surface area contributed by atoms with Crippen LogP contribution in [-0.2, 0) is 10.0 Å². The Hall–Kier alpha value is -1.76. The van der Waals surface area contributed by atoms with Crippen molar-refractivity contribution in [3.05, 3.63) is 23.8 Å². The van der Waals surface area contributed by atoms with Crippen molar-refractivity contribution in [2.45, 2.75) is 19.4 Å². The first-order valence-electron chi connectivity index (χ1n) is 5.74. The average Bonchev–Trinajstić information content (AvgIpc) is 2.24. The number of rotatable bonds is 2. The summed E-state index contributed by atoms with van der Waals surface area (Å²) in [4.78, 5) is 11.0. The van der Waals surface area contributed by atoms with Crippen molar-refractivity contribution in [1.82, 2.24) is 0 Å². The SMILES string of the molecule is CC1(C)CNc2ccc(C(=O)O)cc2N1S(C)(=O)=O. The Morgan fingerprint density at radius 3 is 2.58 bits per heavy atom. The third-order valence-corrected chi connectivity index (χ3v) is 4.41. The lowest BCUT2D eigenvalue weighted by Crippen LogP contribution is -2.54. The molecule has 19 heavy (non-hydrogen) atoms. The molecular weight excluding hydrogens is 268 g/mol. The van der Waals surface area contributed by atoms with Crippen LogP contribution in [0.15, 0.2) is 18.2 Å². The second kappa shape index (κ2) is 4.12. The van der Waals surface area contributed by atoms with E-state index in [1.165, 1.54) is 16.4 Å². The van der Waals surface area contributed by atoms with E-state index in [0.29, 0.717) is 17.9 Å². The Kier molecular flexibility index (Phi) is 2.97. The number of nitrogens with one attached hydrogen (secondary N) is 1. The number of carboxylic acids is 1. The summed E-state index contributed by atoms with van der Waals surface area (Å²) in [6, 6.07) is 4.42. The monoisotopic (exact) mass is 284 g/mol. The summed E-state index contributed by atoms with van der Waals surface area (Å²) in [5.41, 5.74) is 0.401. The van der Waals surface area contributed by atoms with Gasteiger partial charge in [-0.3, -0.25) is 4.31 Å². The normalized spacial score (nSPS) is 17.5. The zero-order valence-corrected chi connectivity index (χ0v) is 11.8. The Morgan fingerprint density at radius 2 is 2.05 bits per heavy atom. The van der Waals surface area contributed by atoms with Crippen LogP contribution in [-0.4, -0.2) is 37.8 Å². The van der Waals surface area contributed by atoms with E-state index in [2.05, 4.69) is 5.32 Å². The molecule has 7 heteroatoms. The second-order valence-corrected chi connectivity index (χ2v) is 7.06. The van der Waals surface area contributed by atoms with Crippen LogP contribution >= 0.6 is 0 Å². The number of nitrogens with zero attached hydrogens (tertiary/aromatic N) is 1. The van der Waals surface area contributed by atoms with Gasteiger partial charge in [0.1, 0.15) is 0 Å². The molecule has 0 aliphatic carbocycles. The number of carbonyl (C=O) groups is 1. The Morgan fingerprint density at radius 1 is 1.42 bits per heavy atom. The minimum absolute atomic E-state index is 0.0619. The third-order valence-electron chi connectivity index (χ3n) is 3.06. The molecule has 0 radical (unpaired) electrons. The van der Waals surface area contributed by atoms with Crippen molar-refractivity contribution in [2.75, 3.05) is 22.4 Å². The van der Waals surface area contributed by atoms with E-state index in [1.54, 1.807) is 19.9 Å².